The van der Waals surface area contributed by atoms with Gasteiger partial charge in [0.15, 0.2) is 0 Å². The number of carbonyl (C=O) groups excluding carboxylic acids is 2. The van der Waals surface area contributed by atoms with Crippen LogP contribution in [0.25, 0.3) is 0 Å². The molecule has 2 aromatic carbocycles. The Labute approximate surface area is 318 Å². The van der Waals surface area contributed by atoms with E-state index in [0.717, 1.165) is 43.1 Å². The van der Waals surface area contributed by atoms with E-state index in [1.165, 1.54) is 17.5 Å². The topological polar surface area (TPSA) is 116 Å². The number of allylic oxidation sites excluding steroid dienone is 1. The molecule has 12 heteroatoms. The molecule has 2 bridgehead atoms. The van der Waals surface area contributed by atoms with E-state index in [-0.39, 0.29) is 30.1 Å². The standard InChI is InChI=1S/C41H52ClN3O7S/c1-25-5-4-6-37(49-3)32-10-7-28(32)21-45-23-41(20-29-17-33(29)34-19-30(42)9-11-35(34)41)24-52-38-12-8-27(18-36(38)45)40(47)44-53(48,26(25)2)43-39(46)22-51-31-13-15-50-16-14-31/h4,6,8-9,11-12,18-19,25-26,28-29,31-33,37H,5,7,10,13-17,20-24H2,1-3H3,(H,43,44,46,47,48)/b6-4-/t25-,26+,28-,29-,32+,33-,37-,41-,53?/m0/s1. The molecule has 8 rings (SSSR count). The predicted molar refractivity (Wildman–Crippen MR) is 205 cm³/mol. The molecule has 286 valence electrons. The van der Waals surface area contributed by atoms with Crippen LogP contribution in [0.1, 0.15) is 86.2 Å². The van der Waals surface area contributed by atoms with Gasteiger partial charge in [-0.3, -0.25) is 14.3 Å². The summed E-state index contributed by atoms with van der Waals surface area (Å²) in [6.45, 7) is 6.70. The van der Waals surface area contributed by atoms with E-state index in [1.54, 1.807) is 20.1 Å². The molecule has 2 amide bonds. The lowest BCUT2D eigenvalue weighted by molar-refractivity contribution is -0.128. The third-order valence-corrected chi connectivity index (χ3v) is 15.6. The number of hydrogen-bond donors (Lipinski definition) is 1. The van der Waals surface area contributed by atoms with E-state index >= 15 is 0 Å². The summed E-state index contributed by atoms with van der Waals surface area (Å²) in [7, 11) is -1.80. The van der Waals surface area contributed by atoms with Crippen molar-refractivity contribution in [1.82, 2.24) is 4.72 Å². The number of fused-ring (bicyclic) bond motifs is 6. The van der Waals surface area contributed by atoms with E-state index in [0.29, 0.717) is 74.1 Å². The van der Waals surface area contributed by atoms with Crippen LogP contribution in [0, 0.1) is 23.7 Å². The summed E-state index contributed by atoms with van der Waals surface area (Å²) in [5.41, 5.74) is 3.55. The number of methoxy groups -OCH3 is 1. The van der Waals surface area contributed by atoms with Gasteiger partial charge in [0, 0.05) is 49.4 Å². The van der Waals surface area contributed by atoms with E-state index in [4.69, 9.17) is 30.5 Å². The average molecular weight is 766 g/mol. The van der Waals surface area contributed by atoms with E-state index in [9.17, 15) is 13.8 Å². The number of ether oxygens (including phenoxy) is 4. The minimum absolute atomic E-state index is 0.0606. The molecular formula is C41H52ClN3O7S. The molecule has 9 atom stereocenters. The molecule has 3 heterocycles. The van der Waals surface area contributed by atoms with Crippen LogP contribution in [-0.4, -0.2) is 80.1 Å². The van der Waals surface area contributed by atoms with Gasteiger partial charge in [0.25, 0.3) is 11.8 Å². The lowest BCUT2D eigenvalue weighted by Crippen LogP contribution is -2.49. The van der Waals surface area contributed by atoms with E-state index in [1.807, 2.05) is 25.1 Å². The molecule has 1 unspecified atom stereocenters. The first-order valence-corrected chi connectivity index (χ1v) is 21.3. The maximum absolute atomic E-state index is 14.8. The molecule has 1 spiro atoms. The Morgan fingerprint density at radius 1 is 1.11 bits per heavy atom. The molecular weight excluding hydrogens is 714 g/mol. The molecule has 2 saturated carbocycles. The van der Waals surface area contributed by atoms with Crippen molar-refractivity contribution in [1.29, 1.82) is 0 Å². The first kappa shape index (κ1) is 37.0. The van der Waals surface area contributed by atoms with Gasteiger partial charge in [-0.2, -0.15) is 0 Å². The monoisotopic (exact) mass is 765 g/mol. The molecule has 3 aliphatic carbocycles. The number of halogens is 1. The van der Waals surface area contributed by atoms with Crippen LogP contribution >= 0.6 is 11.6 Å². The molecule has 53 heavy (non-hydrogen) atoms. The second-order valence-electron chi connectivity index (χ2n) is 16.3. The van der Waals surface area contributed by atoms with Crippen LogP contribution in [-0.2, 0) is 34.3 Å². The fraction of sp³-hybridized carbons (Fsp3) is 0.610. The van der Waals surface area contributed by atoms with Crippen LogP contribution in [0.5, 0.6) is 5.75 Å². The van der Waals surface area contributed by atoms with Crippen molar-refractivity contribution in [2.75, 3.05) is 51.5 Å². The summed E-state index contributed by atoms with van der Waals surface area (Å²) in [5.74, 6) is 1.24. The van der Waals surface area contributed by atoms with Crippen LogP contribution in [0.4, 0.5) is 5.69 Å². The van der Waals surface area contributed by atoms with Gasteiger partial charge in [-0.1, -0.05) is 36.7 Å². The number of nitrogens with one attached hydrogen (secondary N) is 1. The van der Waals surface area contributed by atoms with Gasteiger partial charge >= 0.3 is 0 Å². The number of amides is 2. The average Bonchev–Trinajstić information content (AvgIpc) is 3.94. The Morgan fingerprint density at radius 3 is 2.72 bits per heavy atom. The lowest BCUT2D eigenvalue weighted by atomic mass is 9.68. The molecule has 0 radical (unpaired) electrons. The summed E-state index contributed by atoms with van der Waals surface area (Å²) < 4.78 is 45.9. The Balaban J connectivity index is 1.16. The molecule has 1 saturated heterocycles. The van der Waals surface area contributed by atoms with Gasteiger partial charge in [-0.05, 0) is 123 Å². The number of rotatable bonds is 5. The highest BCUT2D eigenvalue weighted by Gasteiger charge is 2.54. The number of anilines is 1. The molecule has 3 aliphatic heterocycles. The van der Waals surface area contributed by atoms with Crippen LogP contribution < -0.4 is 14.4 Å². The van der Waals surface area contributed by atoms with Gasteiger partial charge in [-0.15, -0.1) is 4.36 Å². The zero-order chi connectivity index (χ0) is 36.9. The summed E-state index contributed by atoms with van der Waals surface area (Å²) in [4.78, 5) is 29.8. The van der Waals surface area contributed by atoms with Crippen molar-refractivity contribution < 1.29 is 32.7 Å². The van der Waals surface area contributed by atoms with Crippen LogP contribution in [0.2, 0.25) is 5.02 Å². The highest BCUT2D eigenvalue weighted by molar-refractivity contribution is 7.93. The van der Waals surface area contributed by atoms with Crippen molar-refractivity contribution in [2.45, 2.75) is 87.6 Å². The van der Waals surface area contributed by atoms with Gasteiger partial charge < -0.3 is 23.8 Å². The van der Waals surface area contributed by atoms with Crippen molar-refractivity contribution in [3.8, 4) is 5.75 Å². The maximum atomic E-state index is 14.8. The summed E-state index contributed by atoms with van der Waals surface area (Å²) >= 11 is 6.55. The zero-order valence-electron chi connectivity index (χ0n) is 31.0. The quantitative estimate of drug-likeness (QED) is 0.329. The zero-order valence-corrected chi connectivity index (χ0v) is 32.5. The van der Waals surface area contributed by atoms with Gasteiger partial charge in [0.2, 0.25) is 0 Å². The second-order valence-corrected chi connectivity index (χ2v) is 19.0. The Kier molecular flexibility index (Phi) is 10.4. The van der Waals surface area contributed by atoms with Crippen molar-refractivity contribution in [3.63, 3.8) is 0 Å². The Bertz CT molecular complexity index is 1890. The largest absolute Gasteiger partial charge is 0.490 e. The van der Waals surface area contributed by atoms with Gasteiger partial charge in [-0.25, -0.2) is 4.21 Å². The fourth-order valence-corrected chi connectivity index (χ4v) is 11.5. The van der Waals surface area contributed by atoms with E-state index in [2.05, 4.69) is 38.3 Å². The number of nitrogens with zero attached hydrogens (tertiary/aromatic N) is 2. The number of benzene rings is 2. The third kappa shape index (κ3) is 7.41. The normalized spacial score (nSPS) is 36.0. The number of carbonyl (C=O) groups is 2. The third-order valence-electron chi connectivity index (χ3n) is 13.0. The first-order valence-electron chi connectivity index (χ1n) is 19.4. The smallest absolute Gasteiger partial charge is 0.286 e. The SMILES string of the molecule is CO[C@H]1/C=C\C[C@H](C)[C@@H](C)S(=O)(NC(=O)COC2CCOCC2)=NC(=O)c2ccc3c(c2)N(C[C@@H]2CC[C@H]21)C[C@]1(CO3)C[C@@H]2C[C@@H]2c2cc(Cl)ccc21. The van der Waals surface area contributed by atoms with Crippen LogP contribution in [0.15, 0.2) is 52.9 Å². The van der Waals surface area contributed by atoms with Crippen molar-refractivity contribution >= 4 is 39.0 Å². The highest BCUT2D eigenvalue weighted by atomic mass is 35.5. The summed E-state index contributed by atoms with van der Waals surface area (Å²) in [5, 5.41) is 0.126. The maximum Gasteiger partial charge on any atom is 0.286 e. The molecule has 10 nitrogen and oxygen atoms in total. The van der Waals surface area contributed by atoms with E-state index < -0.39 is 27.0 Å². The molecule has 3 fully saturated rings. The van der Waals surface area contributed by atoms with Gasteiger partial charge in [0.05, 0.1) is 29.8 Å². The summed E-state index contributed by atoms with van der Waals surface area (Å²) in [6, 6.07) is 11.8. The molecule has 1 N–H and O–H groups in total. The van der Waals surface area contributed by atoms with Crippen molar-refractivity contribution in [2.24, 2.45) is 28.0 Å². The minimum atomic E-state index is -3.58. The predicted octanol–water partition coefficient (Wildman–Crippen LogP) is 6.84. The molecule has 2 aromatic rings. The second kappa shape index (κ2) is 14.9. The van der Waals surface area contributed by atoms with Gasteiger partial charge in [0.1, 0.15) is 22.3 Å². The van der Waals surface area contributed by atoms with Crippen molar-refractivity contribution in [3.05, 3.63) is 70.3 Å². The molecule has 6 aliphatic rings. The lowest BCUT2D eigenvalue weighted by Gasteiger charge is -2.46. The summed E-state index contributed by atoms with van der Waals surface area (Å²) in [6.07, 6.45) is 10.4. The Morgan fingerprint density at radius 2 is 1.94 bits per heavy atom. The Hall–Kier alpha value is -2.96. The van der Waals surface area contributed by atoms with Crippen LogP contribution in [0.3, 0.4) is 0 Å². The molecule has 0 aromatic heterocycles. The minimum Gasteiger partial charge on any atom is -0.490 e. The fourth-order valence-electron chi connectivity index (χ4n) is 9.44. The highest BCUT2D eigenvalue weighted by Crippen LogP contribution is 2.61. The number of hydrogen-bond acceptors (Lipinski definition) is 8. The first-order chi connectivity index (χ1) is 25.6.